The van der Waals surface area contributed by atoms with Gasteiger partial charge in [-0.2, -0.15) is 0 Å². The molecule has 61 heavy (non-hydrogen) atoms. The molecule has 8 rings (SSSR count). The van der Waals surface area contributed by atoms with Gasteiger partial charge in [0.1, 0.15) is 23.7 Å². The third kappa shape index (κ3) is 8.81. The molecule has 3 aliphatic rings. The number of aromatic nitrogens is 5. The molecule has 16 nitrogen and oxygen atoms in total. The number of hydrogen-bond donors (Lipinski definition) is 4. The molecule has 4 N–H and O–H groups in total. The highest BCUT2D eigenvalue weighted by Gasteiger charge is 2.41. The van der Waals surface area contributed by atoms with E-state index in [2.05, 4.69) is 50.9 Å². The average Bonchev–Trinajstić information content (AvgIpc) is 4.14. The molecule has 0 radical (unpaired) electrons. The second kappa shape index (κ2) is 18.1. The summed E-state index contributed by atoms with van der Waals surface area (Å²) >= 11 is 0. The van der Waals surface area contributed by atoms with Crippen molar-refractivity contribution in [1.29, 1.82) is 0 Å². The van der Waals surface area contributed by atoms with E-state index in [0.717, 1.165) is 76.1 Å². The summed E-state index contributed by atoms with van der Waals surface area (Å²) in [5.41, 5.74) is 5.22. The number of fused-ring (bicyclic) bond motifs is 1. The molecule has 4 amide bonds. The minimum absolute atomic E-state index is 0.0348. The van der Waals surface area contributed by atoms with E-state index in [4.69, 9.17) is 29.2 Å². The monoisotopic (exact) mass is 831 g/mol. The Balaban J connectivity index is 0.935. The van der Waals surface area contributed by atoms with Crippen LogP contribution in [0.25, 0.3) is 44.5 Å². The lowest BCUT2D eigenvalue weighted by Gasteiger charge is -2.34. The number of pyridine rings is 1. The molecule has 16 heteroatoms. The van der Waals surface area contributed by atoms with Crippen molar-refractivity contribution in [3.63, 3.8) is 0 Å². The van der Waals surface area contributed by atoms with Crippen LogP contribution in [0.4, 0.5) is 9.59 Å². The molecule has 0 aliphatic carbocycles. The number of alkyl carbamates (subject to hydrolysis) is 2. The molecule has 4 atom stereocenters. The van der Waals surface area contributed by atoms with Crippen LogP contribution >= 0.6 is 0 Å². The maximum Gasteiger partial charge on any atom is 0.407 e. The van der Waals surface area contributed by atoms with Crippen molar-refractivity contribution < 1.29 is 33.4 Å². The van der Waals surface area contributed by atoms with E-state index in [1.807, 2.05) is 54.2 Å². The van der Waals surface area contributed by atoms with Crippen LogP contribution in [-0.4, -0.2) is 111 Å². The fourth-order valence-corrected chi connectivity index (χ4v) is 8.90. The van der Waals surface area contributed by atoms with Crippen LogP contribution in [0.2, 0.25) is 0 Å². The number of carbonyl (C=O) groups excluding carboxylic acids is 4. The zero-order valence-electron chi connectivity index (χ0n) is 35.0. The van der Waals surface area contributed by atoms with Gasteiger partial charge in [0.15, 0.2) is 0 Å². The van der Waals surface area contributed by atoms with Gasteiger partial charge < -0.3 is 44.6 Å². The minimum Gasteiger partial charge on any atom is -0.453 e. The smallest absolute Gasteiger partial charge is 0.407 e. The van der Waals surface area contributed by atoms with Gasteiger partial charge in [0.05, 0.1) is 49.6 Å². The number of nitrogens with one attached hydrogen (secondary N) is 4. The van der Waals surface area contributed by atoms with Crippen molar-refractivity contribution in [2.45, 2.75) is 76.5 Å². The highest BCUT2D eigenvalue weighted by atomic mass is 16.5. The quantitative estimate of drug-likeness (QED) is 0.113. The number of imidazole rings is 2. The van der Waals surface area contributed by atoms with Gasteiger partial charge in [-0.3, -0.25) is 14.6 Å². The highest BCUT2D eigenvalue weighted by Crippen LogP contribution is 2.36. The summed E-state index contributed by atoms with van der Waals surface area (Å²) in [6.07, 6.45) is 8.83. The molecule has 320 valence electrons. The highest BCUT2D eigenvalue weighted by molar-refractivity contribution is 5.90. The average molecular weight is 832 g/mol. The number of nitrogens with zero attached hydrogens (tertiary/aromatic N) is 5. The second-order valence-electron chi connectivity index (χ2n) is 16.4. The van der Waals surface area contributed by atoms with Crippen molar-refractivity contribution in [1.82, 2.24) is 45.4 Å². The van der Waals surface area contributed by atoms with E-state index >= 15 is 0 Å². The zero-order chi connectivity index (χ0) is 42.6. The Morgan fingerprint density at radius 2 is 1.36 bits per heavy atom. The van der Waals surface area contributed by atoms with Gasteiger partial charge in [0.25, 0.3) is 0 Å². The van der Waals surface area contributed by atoms with Gasteiger partial charge in [0.2, 0.25) is 11.8 Å². The number of carbonyl (C=O) groups is 4. The zero-order valence-corrected chi connectivity index (χ0v) is 35.0. The van der Waals surface area contributed by atoms with Crippen LogP contribution in [0, 0.1) is 11.8 Å². The van der Waals surface area contributed by atoms with Gasteiger partial charge in [0, 0.05) is 55.4 Å². The third-order valence-electron chi connectivity index (χ3n) is 12.3. The van der Waals surface area contributed by atoms with E-state index in [1.165, 1.54) is 14.2 Å². The van der Waals surface area contributed by atoms with Crippen LogP contribution in [-0.2, 0) is 23.8 Å². The van der Waals surface area contributed by atoms with Crippen molar-refractivity contribution in [2.24, 2.45) is 11.8 Å². The molecule has 0 saturated carbocycles. The van der Waals surface area contributed by atoms with Crippen LogP contribution in [0.1, 0.15) is 76.1 Å². The first-order valence-corrected chi connectivity index (χ1v) is 21.1. The number of rotatable bonds is 11. The van der Waals surface area contributed by atoms with Gasteiger partial charge >= 0.3 is 12.2 Å². The normalized spacial score (nSPS) is 19.2. The fraction of sp³-hybridized carbons (Fsp3) is 0.444. The van der Waals surface area contributed by atoms with E-state index < -0.39 is 24.3 Å². The summed E-state index contributed by atoms with van der Waals surface area (Å²) in [5, 5.41) is 7.62. The largest absolute Gasteiger partial charge is 0.453 e. The summed E-state index contributed by atoms with van der Waals surface area (Å²) in [6.45, 7) is 6.08. The van der Waals surface area contributed by atoms with E-state index in [9.17, 15) is 19.2 Å². The number of aromatic amines is 2. The van der Waals surface area contributed by atoms with Gasteiger partial charge in [-0.1, -0.05) is 38.1 Å². The minimum atomic E-state index is -0.694. The predicted octanol–water partition coefficient (Wildman–Crippen LogP) is 6.54. The lowest BCUT2D eigenvalue weighted by molar-refractivity contribution is -0.137. The fourth-order valence-electron chi connectivity index (χ4n) is 8.90. The predicted molar refractivity (Wildman–Crippen MR) is 227 cm³/mol. The molecular formula is C45H53N9O7. The molecular weight excluding hydrogens is 779 g/mol. The van der Waals surface area contributed by atoms with Crippen LogP contribution in [0.15, 0.2) is 67.1 Å². The molecule has 0 bridgehead atoms. The van der Waals surface area contributed by atoms with Gasteiger partial charge in [-0.05, 0) is 85.4 Å². The Bertz CT molecular complexity index is 2370. The number of benzene rings is 2. The van der Waals surface area contributed by atoms with Crippen LogP contribution < -0.4 is 10.6 Å². The van der Waals surface area contributed by atoms with Crippen molar-refractivity contribution in [2.75, 3.05) is 40.5 Å². The first-order valence-electron chi connectivity index (χ1n) is 21.1. The summed E-state index contributed by atoms with van der Waals surface area (Å²) in [4.78, 5) is 76.7. The van der Waals surface area contributed by atoms with Gasteiger partial charge in [-0.15, -0.1) is 0 Å². The van der Waals surface area contributed by atoms with E-state index in [-0.39, 0.29) is 35.7 Å². The molecule has 3 aromatic heterocycles. The first-order chi connectivity index (χ1) is 29.6. The molecule has 0 unspecified atom stereocenters. The summed E-state index contributed by atoms with van der Waals surface area (Å²) in [5.74, 6) is 1.01. The molecule has 3 fully saturated rings. The van der Waals surface area contributed by atoms with Crippen molar-refractivity contribution in [3.05, 3.63) is 78.8 Å². The maximum absolute atomic E-state index is 14.0. The SMILES string of the molecule is COC(=O)N[C@H](C(=O)N1CCC[C@H]1c1nc(-c2ccc3cc(-c4ccc(-c5cnc([C@@H]6CCCN6C(=O)[C@@H](NC(=O)OC)C6CCOCC6)[nH]5)cn4)ccc3c2)c[nH]1)C(C)C. The standard InChI is InChI=1S/C45H53N9O7/c1-26(2)38(51-44(57)59-3)42(55)53-17-5-7-36(53)40-47-24-34(49-40)31-12-10-28-21-30(11-9-29(28)22-31)33-14-13-32(23-46-33)35-25-48-41(50-35)37-8-6-18-54(37)43(56)39(52-45(58)60-4)27-15-19-61-20-16-27/h9-14,21-27,36-39H,5-8,15-20H2,1-4H3,(H,47,49)(H,48,50)(H,51,57)(H,52,58)/t36-,37-,38-,39-/m0/s1. The Morgan fingerprint density at radius 3 is 2.00 bits per heavy atom. The Morgan fingerprint density at radius 1 is 0.738 bits per heavy atom. The number of H-pyrrole nitrogens is 2. The number of hydrogen-bond acceptors (Lipinski definition) is 10. The summed E-state index contributed by atoms with van der Waals surface area (Å²) in [7, 11) is 2.59. The first kappa shape index (κ1) is 41.4. The number of ether oxygens (including phenoxy) is 3. The Hall–Kier alpha value is -6.29. The maximum atomic E-state index is 14.0. The van der Waals surface area contributed by atoms with Crippen LogP contribution in [0.5, 0.6) is 0 Å². The molecule has 3 saturated heterocycles. The number of amides is 4. The molecule has 2 aromatic carbocycles. The number of methoxy groups -OCH3 is 2. The summed E-state index contributed by atoms with van der Waals surface area (Å²) in [6, 6.07) is 14.7. The van der Waals surface area contributed by atoms with E-state index in [1.54, 1.807) is 6.20 Å². The van der Waals surface area contributed by atoms with Crippen molar-refractivity contribution in [3.8, 4) is 33.8 Å². The summed E-state index contributed by atoms with van der Waals surface area (Å²) < 4.78 is 15.2. The third-order valence-corrected chi connectivity index (χ3v) is 12.3. The lowest BCUT2D eigenvalue weighted by atomic mass is 9.90. The Labute approximate surface area is 354 Å². The van der Waals surface area contributed by atoms with E-state index in [0.29, 0.717) is 45.0 Å². The number of likely N-dealkylation sites (tertiary alicyclic amines) is 2. The topological polar surface area (TPSA) is 197 Å². The van der Waals surface area contributed by atoms with Gasteiger partial charge in [-0.25, -0.2) is 19.6 Å². The second-order valence-corrected chi connectivity index (χ2v) is 16.4. The molecule has 0 spiro atoms. The Kier molecular flexibility index (Phi) is 12.3. The molecule has 5 aromatic rings. The van der Waals surface area contributed by atoms with Crippen molar-refractivity contribution >= 4 is 34.8 Å². The van der Waals surface area contributed by atoms with Crippen LogP contribution in [0.3, 0.4) is 0 Å². The molecule has 3 aliphatic heterocycles. The lowest BCUT2D eigenvalue weighted by Crippen LogP contribution is -2.53. The molecule has 6 heterocycles.